The average Bonchev–Trinajstić information content (AvgIpc) is 2.51. The number of hydrogen-bond donors (Lipinski definition) is 1. The van der Waals surface area contributed by atoms with E-state index < -0.39 is 0 Å². The van der Waals surface area contributed by atoms with E-state index in [1.54, 1.807) is 6.07 Å². The van der Waals surface area contributed by atoms with Crippen molar-refractivity contribution >= 4 is 21.6 Å². The van der Waals surface area contributed by atoms with E-state index in [9.17, 15) is 4.39 Å². The minimum Gasteiger partial charge on any atom is -0.367 e. The summed E-state index contributed by atoms with van der Waals surface area (Å²) >= 11 is 3.35. The molecule has 0 bridgehead atoms. The smallest absolute Gasteiger partial charge is 0.147 e. The Hall–Kier alpha value is -0.610. The van der Waals surface area contributed by atoms with Gasteiger partial charge < -0.3 is 10.6 Å². The van der Waals surface area contributed by atoms with E-state index in [4.69, 9.17) is 5.73 Å². The summed E-state index contributed by atoms with van der Waals surface area (Å²) in [4.78, 5) is 1.99. The van der Waals surface area contributed by atoms with Gasteiger partial charge in [-0.1, -0.05) is 6.07 Å². The van der Waals surface area contributed by atoms with Crippen molar-refractivity contribution in [3.63, 3.8) is 0 Å². The first kappa shape index (κ1) is 9.93. The average molecular weight is 259 g/mol. The van der Waals surface area contributed by atoms with Crippen LogP contribution in [0.15, 0.2) is 22.7 Å². The number of nitrogens with two attached hydrogens (primary N) is 1. The van der Waals surface area contributed by atoms with Crippen LogP contribution in [-0.2, 0) is 0 Å². The number of anilines is 1. The van der Waals surface area contributed by atoms with E-state index in [0.717, 1.165) is 24.0 Å². The number of benzene rings is 1. The van der Waals surface area contributed by atoms with Gasteiger partial charge in [0.15, 0.2) is 0 Å². The standard InChI is InChI=1S/C10H12BrFN2/c11-8-2-1-3-9(12)10(8)14-5-4-7(13)6-14/h1-3,7H,4-6,13H2. The lowest BCUT2D eigenvalue weighted by molar-refractivity contribution is 0.621. The van der Waals surface area contributed by atoms with Crippen molar-refractivity contribution in [3.8, 4) is 0 Å². The van der Waals surface area contributed by atoms with Crippen LogP contribution in [0, 0.1) is 5.82 Å². The Morgan fingerprint density at radius 2 is 2.29 bits per heavy atom. The summed E-state index contributed by atoms with van der Waals surface area (Å²) in [6.45, 7) is 1.57. The minimum absolute atomic E-state index is 0.168. The quantitative estimate of drug-likeness (QED) is 0.837. The molecular formula is C10H12BrFN2. The first-order chi connectivity index (χ1) is 6.68. The highest BCUT2D eigenvalue weighted by Crippen LogP contribution is 2.31. The zero-order chi connectivity index (χ0) is 10.1. The van der Waals surface area contributed by atoms with Gasteiger partial charge in [0.05, 0.1) is 5.69 Å². The maximum Gasteiger partial charge on any atom is 0.147 e. The molecule has 4 heteroatoms. The van der Waals surface area contributed by atoms with Crippen LogP contribution in [0.1, 0.15) is 6.42 Å². The third-order valence-electron chi connectivity index (χ3n) is 2.48. The Labute approximate surface area is 91.0 Å². The molecule has 2 rings (SSSR count). The minimum atomic E-state index is -0.187. The summed E-state index contributed by atoms with van der Waals surface area (Å²) < 4.78 is 14.3. The monoisotopic (exact) mass is 258 g/mol. The third kappa shape index (κ3) is 1.77. The molecular weight excluding hydrogens is 247 g/mol. The molecule has 1 aliphatic rings. The number of rotatable bonds is 1. The van der Waals surface area contributed by atoms with Crippen molar-refractivity contribution in [1.29, 1.82) is 0 Å². The molecule has 2 N–H and O–H groups in total. The number of halogens is 2. The van der Waals surface area contributed by atoms with E-state index in [0.29, 0.717) is 5.69 Å². The first-order valence-electron chi connectivity index (χ1n) is 4.63. The molecule has 1 heterocycles. The topological polar surface area (TPSA) is 29.3 Å². The Kier molecular flexibility index (Phi) is 2.74. The fourth-order valence-corrected chi connectivity index (χ4v) is 2.37. The van der Waals surface area contributed by atoms with Gasteiger partial charge in [-0.25, -0.2) is 4.39 Å². The summed E-state index contributed by atoms with van der Waals surface area (Å²) in [6, 6.07) is 5.19. The van der Waals surface area contributed by atoms with Crippen LogP contribution in [0.25, 0.3) is 0 Å². The fourth-order valence-electron chi connectivity index (χ4n) is 1.78. The Bertz CT molecular complexity index is 323. The molecule has 1 saturated heterocycles. The molecule has 1 atom stereocenters. The lowest BCUT2D eigenvalue weighted by Gasteiger charge is -2.20. The SMILES string of the molecule is NC1CCN(c2c(F)cccc2Br)C1. The molecule has 0 radical (unpaired) electrons. The molecule has 0 spiro atoms. The molecule has 1 aliphatic heterocycles. The van der Waals surface area contributed by atoms with Crippen molar-refractivity contribution in [1.82, 2.24) is 0 Å². The predicted molar refractivity (Wildman–Crippen MR) is 58.9 cm³/mol. The molecule has 76 valence electrons. The fraction of sp³-hybridized carbons (Fsp3) is 0.400. The largest absolute Gasteiger partial charge is 0.367 e. The zero-order valence-corrected chi connectivity index (χ0v) is 9.30. The van der Waals surface area contributed by atoms with Gasteiger partial charge in [0.1, 0.15) is 5.82 Å². The molecule has 0 saturated carbocycles. The van der Waals surface area contributed by atoms with Gasteiger partial charge in [0, 0.05) is 23.6 Å². The second-order valence-corrected chi connectivity index (χ2v) is 4.42. The van der Waals surface area contributed by atoms with Gasteiger partial charge in [-0.3, -0.25) is 0 Å². The molecule has 0 aliphatic carbocycles. The lowest BCUT2D eigenvalue weighted by atomic mass is 10.3. The molecule has 1 aromatic rings. The summed E-state index contributed by atoms with van der Waals surface area (Å²) in [5, 5.41) is 0. The van der Waals surface area contributed by atoms with Gasteiger partial charge in [-0.15, -0.1) is 0 Å². The first-order valence-corrected chi connectivity index (χ1v) is 5.42. The molecule has 2 nitrogen and oxygen atoms in total. The Morgan fingerprint density at radius 1 is 1.50 bits per heavy atom. The molecule has 1 unspecified atom stereocenters. The molecule has 0 aromatic heterocycles. The maximum atomic E-state index is 13.5. The van der Waals surface area contributed by atoms with Crippen LogP contribution in [0.3, 0.4) is 0 Å². The predicted octanol–water partition coefficient (Wildman–Crippen LogP) is 2.13. The second kappa shape index (κ2) is 3.87. The van der Waals surface area contributed by atoms with E-state index in [2.05, 4.69) is 15.9 Å². The van der Waals surface area contributed by atoms with Crippen LogP contribution in [0.2, 0.25) is 0 Å². The second-order valence-electron chi connectivity index (χ2n) is 3.57. The van der Waals surface area contributed by atoms with Gasteiger partial charge in [-0.2, -0.15) is 0 Å². The number of para-hydroxylation sites is 1. The van der Waals surface area contributed by atoms with E-state index >= 15 is 0 Å². The number of hydrogen-bond acceptors (Lipinski definition) is 2. The Morgan fingerprint density at radius 3 is 2.86 bits per heavy atom. The zero-order valence-electron chi connectivity index (χ0n) is 7.71. The van der Waals surface area contributed by atoms with Crippen LogP contribution in [0.4, 0.5) is 10.1 Å². The number of nitrogens with zero attached hydrogens (tertiary/aromatic N) is 1. The van der Waals surface area contributed by atoms with Crippen LogP contribution in [-0.4, -0.2) is 19.1 Å². The normalized spacial score (nSPS) is 21.6. The summed E-state index contributed by atoms with van der Waals surface area (Å²) in [7, 11) is 0. The van der Waals surface area contributed by atoms with Crippen molar-refractivity contribution in [3.05, 3.63) is 28.5 Å². The van der Waals surface area contributed by atoms with Crippen molar-refractivity contribution < 1.29 is 4.39 Å². The summed E-state index contributed by atoms with van der Waals surface area (Å²) in [5.41, 5.74) is 6.42. The van der Waals surface area contributed by atoms with Crippen LogP contribution >= 0.6 is 15.9 Å². The van der Waals surface area contributed by atoms with Gasteiger partial charge in [0.25, 0.3) is 0 Å². The maximum absolute atomic E-state index is 13.5. The highest BCUT2D eigenvalue weighted by atomic mass is 79.9. The van der Waals surface area contributed by atoms with Crippen molar-refractivity contribution in [2.24, 2.45) is 5.73 Å². The van der Waals surface area contributed by atoms with Crippen molar-refractivity contribution in [2.45, 2.75) is 12.5 Å². The Balaban J connectivity index is 2.31. The van der Waals surface area contributed by atoms with Crippen molar-refractivity contribution in [2.75, 3.05) is 18.0 Å². The summed E-state index contributed by atoms with van der Waals surface area (Å²) in [6.07, 6.45) is 0.931. The molecule has 0 amide bonds. The van der Waals surface area contributed by atoms with E-state index in [-0.39, 0.29) is 11.9 Å². The molecule has 1 aromatic carbocycles. The van der Waals surface area contributed by atoms with E-state index in [1.807, 2.05) is 11.0 Å². The lowest BCUT2D eigenvalue weighted by Crippen LogP contribution is -2.27. The van der Waals surface area contributed by atoms with E-state index in [1.165, 1.54) is 6.07 Å². The highest BCUT2D eigenvalue weighted by Gasteiger charge is 2.23. The summed E-state index contributed by atoms with van der Waals surface area (Å²) in [5.74, 6) is -0.187. The highest BCUT2D eigenvalue weighted by molar-refractivity contribution is 9.10. The van der Waals surface area contributed by atoms with Gasteiger partial charge in [0.2, 0.25) is 0 Å². The van der Waals surface area contributed by atoms with Crippen LogP contribution in [0.5, 0.6) is 0 Å². The van der Waals surface area contributed by atoms with Crippen LogP contribution < -0.4 is 10.6 Å². The van der Waals surface area contributed by atoms with Gasteiger partial charge in [-0.05, 0) is 34.5 Å². The third-order valence-corrected chi connectivity index (χ3v) is 3.12. The van der Waals surface area contributed by atoms with Gasteiger partial charge >= 0.3 is 0 Å². The molecule has 1 fully saturated rings. The molecule has 14 heavy (non-hydrogen) atoms.